The van der Waals surface area contributed by atoms with Crippen LogP contribution in [-0.2, 0) is 6.54 Å². The summed E-state index contributed by atoms with van der Waals surface area (Å²) in [5.41, 5.74) is 3.40. The Balaban J connectivity index is 2.19. The molecule has 5 nitrogen and oxygen atoms in total. The van der Waals surface area contributed by atoms with E-state index in [0.717, 1.165) is 17.0 Å². The number of aryl methyl sites for hydroxylation is 2. The van der Waals surface area contributed by atoms with Gasteiger partial charge in [-0.3, -0.25) is 9.97 Å². The standard InChI is InChI=1S/C14H15N3O2/c1-9-4-3-5-12(14(18)19)13(9)17-8-11-7-15-10(2)6-16-11/h3-7,17H,8H2,1-2H3,(H,18,19). The van der Waals surface area contributed by atoms with Crippen molar-refractivity contribution in [1.82, 2.24) is 9.97 Å². The molecule has 5 heteroatoms. The van der Waals surface area contributed by atoms with Crippen molar-refractivity contribution in [3.63, 3.8) is 0 Å². The second-order valence-electron chi connectivity index (χ2n) is 4.31. The van der Waals surface area contributed by atoms with E-state index in [2.05, 4.69) is 15.3 Å². The summed E-state index contributed by atoms with van der Waals surface area (Å²) in [6.07, 6.45) is 3.37. The number of aromatic carboxylic acids is 1. The predicted octanol–water partition coefficient (Wildman–Crippen LogP) is 2.40. The first kappa shape index (κ1) is 13.0. The maximum atomic E-state index is 11.2. The third kappa shape index (κ3) is 3.07. The summed E-state index contributed by atoms with van der Waals surface area (Å²) in [4.78, 5) is 19.5. The van der Waals surface area contributed by atoms with Gasteiger partial charge in [0.2, 0.25) is 0 Å². The van der Waals surface area contributed by atoms with Crippen molar-refractivity contribution in [1.29, 1.82) is 0 Å². The second kappa shape index (κ2) is 5.48. The number of carboxylic acid groups (broad SMARTS) is 1. The molecule has 2 aromatic rings. The Kier molecular flexibility index (Phi) is 3.75. The molecule has 0 bridgehead atoms. The molecule has 0 saturated carbocycles. The summed E-state index contributed by atoms with van der Waals surface area (Å²) in [7, 11) is 0. The molecule has 0 aliphatic heterocycles. The van der Waals surface area contributed by atoms with Crippen LogP contribution in [0.5, 0.6) is 0 Å². The second-order valence-corrected chi connectivity index (χ2v) is 4.31. The highest BCUT2D eigenvalue weighted by molar-refractivity contribution is 5.95. The van der Waals surface area contributed by atoms with Gasteiger partial charge in [0.1, 0.15) is 0 Å². The normalized spacial score (nSPS) is 10.2. The highest BCUT2D eigenvalue weighted by Crippen LogP contribution is 2.21. The largest absolute Gasteiger partial charge is 0.478 e. The van der Waals surface area contributed by atoms with Gasteiger partial charge >= 0.3 is 5.97 Å². The fourth-order valence-corrected chi connectivity index (χ4v) is 1.77. The number of nitrogens with zero attached hydrogens (tertiary/aromatic N) is 2. The average molecular weight is 257 g/mol. The van der Waals surface area contributed by atoms with Crippen molar-refractivity contribution >= 4 is 11.7 Å². The van der Waals surface area contributed by atoms with Gasteiger partial charge in [0.05, 0.1) is 35.4 Å². The van der Waals surface area contributed by atoms with E-state index in [1.54, 1.807) is 24.5 Å². The van der Waals surface area contributed by atoms with E-state index in [-0.39, 0.29) is 5.56 Å². The van der Waals surface area contributed by atoms with Crippen LogP contribution in [0.1, 0.15) is 27.3 Å². The maximum Gasteiger partial charge on any atom is 0.337 e. The summed E-state index contributed by atoms with van der Waals surface area (Å²) in [5, 5.41) is 12.3. The third-order valence-electron chi connectivity index (χ3n) is 2.78. The molecule has 2 rings (SSSR count). The van der Waals surface area contributed by atoms with Crippen LogP contribution in [0.3, 0.4) is 0 Å². The van der Waals surface area contributed by atoms with Crippen LogP contribution in [0.4, 0.5) is 5.69 Å². The maximum absolute atomic E-state index is 11.2. The van der Waals surface area contributed by atoms with Crippen molar-refractivity contribution in [2.75, 3.05) is 5.32 Å². The fraction of sp³-hybridized carbons (Fsp3) is 0.214. The molecule has 0 aliphatic carbocycles. The lowest BCUT2D eigenvalue weighted by atomic mass is 10.1. The minimum Gasteiger partial charge on any atom is -0.478 e. The molecular weight excluding hydrogens is 242 g/mol. The number of nitrogens with one attached hydrogen (secondary N) is 1. The van der Waals surface area contributed by atoms with Gasteiger partial charge in [0.15, 0.2) is 0 Å². The van der Waals surface area contributed by atoms with E-state index in [0.29, 0.717) is 12.2 Å². The van der Waals surface area contributed by atoms with Gasteiger partial charge in [-0.2, -0.15) is 0 Å². The van der Waals surface area contributed by atoms with Crippen LogP contribution >= 0.6 is 0 Å². The first-order chi connectivity index (χ1) is 9.08. The fourth-order valence-electron chi connectivity index (χ4n) is 1.77. The quantitative estimate of drug-likeness (QED) is 0.879. The Morgan fingerprint density at radius 1 is 1.26 bits per heavy atom. The lowest BCUT2D eigenvalue weighted by molar-refractivity contribution is 0.0698. The zero-order chi connectivity index (χ0) is 13.8. The third-order valence-corrected chi connectivity index (χ3v) is 2.78. The lowest BCUT2D eigenvalue weighted by Crippen LogP contribution is -2.09. The number of rotatable bonds is 4. The Morgan fingerprint density at radius 3 is 2.68 bits per heavy atom. The first-order valence-electron chi connectivity index (χ1n) is 5.92. The summed E-state index contributed by atoms with van der Waals surface area (Å²) in [5.74, 6) is -0.943. The number of para-hydroxylation sites is 1. The van der Waals surface area contributed by atoms with Crippen molar-refractivity contribution in [3.8, 4) is 0 Å². The summed E-state index contributed by atoms with van der Waals surface area (Å²) < 4.78 is 0. The number of carbonyl (C=O) groups is 1. The molecule has 0 atom stereocenters. The topological polar surface area (TPSA) is 75.1 Å². The zero-order valence-electron chi connectivity index (χ0n) is 10.8. The first-order valence-corrected chi connectivity index (χ1v) is 5.92. The smallest absolute Gasteiger partial charge is 0.337 e. The molecule has 0 spiro atoms. The monoisotopic (exact) mass is 257 g/mol. The molecule has 0 aliphatic rings. The van der Waals surface area contributed by atoms with Crippen molar-refractivity contribution in [3.05, 3.63) is 53.1 Å². The Bertz CT molecular complexity index is 594. The van der Waals surface area contributed by atoms with Gasteiger partial charge in [0.25, 0.3) is 0 Å². The number of hydrogen-bond donors (Lipinski definition) is 2. The van der Waals surface area contributed by atoms with E-state index in [4.69, 9.17) is 5.11 Å². The average Bonchev–Trinajstić information content (AvgIpc) is 2.39. The van der Waals surface area contributed by atoms with E-state index in [1.807, 2.05) is 19.9 Å². The lowest BCUT2D eigenvalue weighted by Gasteiger charge is -2.12. The molecule has 1 aromatic heterocycles. The number of benzene rings is 1. The number of hydrogen-bond acceptors (Lipinski definition) is 4. The SMILES string of the molecule is Cc1cnc(CNc2c(C)cccc2C(=O)O)cn1. The molecule has 0 unspecified atom stereocenters. The minimum absolute atomic E-state index is 0.264. The van der Waals surface area contributed by atoms with E-state index in [1.165, 1.54) is 0 Å². The molecule has 1 heterocycles. The van der Waals surface area contributed by atoms with E-state index < -0.39 is 5.97 Å². The van der Waals surface area contributed by atoms with Crippen LogP contribution in [0.15, 0.2) is 30.6 Å². The molecule has 98 valence electrons. The van der Waals surface area contributed by atoms with Crippen LogP contribution in [-0.4, -0.2) is 21.0 Å². The molecule has 1 aromatic carbocycles. The highest BCUT2D eigenvalue weighted by Gasteiger charge is 2.11. The summed E-state index contributed by atoms with van der Waals surface area (Å²) in [6.45, 7) is 4.18. The van der Waals surface area contributed by atoms with Crippen LogP contribution in [0.25, 0.3) is 0 Å². The van der Waals surface area contributed by atoms with Gasteiger partial charge in [0, 0.05) is 6.20 Å². The highest BCUT2D eigenvalue weighted by atomic mass is 16.4. The molecule has 0 fully saturated rings. The zero-order valence-corrected chi connectivity index (χ0v) is 10.8. The van der Waals surface area contributed by atoms with Gasteiger partial charge in [-0.25, -0.2) is 4.79 Å². The molecule has 0 radical (unpaired) electrons. The van der Waals surface area contributed by atoms with Crippen LogP contribution in [0.2, 0.25) is 0 Å². The number of aromatic nitrogens is 2. The molecule has 19 heavy (non-hydrogen) atoms. The molecular formula is C14H15N3O2. The van der Waals surface area contributed by atoms with E-state index >= 15 is 0 Å². The van der Waals surface area contributed by atoms with Gasteiger partial charge in [-0.1, -0.05) is 12.1 Å². The molecule has 2 N–H and O–H groups in total. The van der Waals surface area contributed by atoms with Crippen molar-refractivity contribution < 1.29 is 9.90 Å². The number of carboxylic acids is 1. The van der Waals surface area contributed by atoms with E-state index in [9.17, 15) is 4.79 Å². The van der Waals surface area contributed by atoms with Crippen LogP contribution in [0, 0.1) is 13.8 Å². The Morgan fingerprint density at radius 2 is 2.05 bits per heavy atom. The van der Waals surface area contributed by atoms with Crippen LogP contribution < -0.4 is 5.32 Å². The molecule has 0 saturated heterocycles. The van der Waals surface area contributed by atoms with Crippen molar-refractivity contribution in [2.24, 2.45) is 0 Å². The molecule has 0 amide bonds. The van der Waals surface area contributed by atoms with Crippen molar-refractivity contribution in [2.45, 2.75) is 20.4 Å². The number of anilines is 1. The summed E-state index contributed by atoms with van der Waals surface area (Å²) >= 11 is 0. The predicted molar refractivity (Wildman–Crippen MR) is 72.2 cm³/mol. The van der Waals surface area contributed by atoms with Gasteiger partial charge in [-0.05, 0) is 25.5 Å². The van der Waals surface area contributed by atoms with Gasteiger partial charge in [-0.15, -0.1) is 0 Å². The Labute approximate surface area is 111 Å². The summed E-state index contributed by atoms with van der Waals surface area (Å²) in [6, 6.07) is 5.18. The van der Waals surface area contributed by atoms with Gasteiger partial charge < -0.3 is 10.4 Å². The Hall–Kier alpha value is -2.43. The minimum atomic E-state index is -0.943.